The summed E-state index contributed by atoms with van der Waals surface area (Å²) in [4.78, 5) is 13.0. The van der Waals surface area contributed by atoms with Crippen molar-refractivity contribution in [3.8, 4) is 0 Å². The van der Waals surface area contributed by atoms with Gasteiger partial charge in [0, 0.05) is 12.1 Å². The summed E-state index contributed by atoms with van der Waals surface area (Å²) in [6.45, 7) is 2.17. The summed E-state index contributed by atoms with van der Waals surface area (Å²) in [5.74, 6) is -0.382. The quantitative estimate of drug-likeness (QED) is 0.744. The van der Waals surface area contributed by atoms with Gasteiger partial charge in [0.2, 0.25) is 0 Å². The van der Waals surface area contributed by atoms with Crippen molar-refractivity contribution in [2.24, 2.45) is 0 Å². The summed E-state index contributed by atoms with van der Waals surface area (Å²) < 4.78 is 52.5. The SMILES string of the molecule is CCN(CC(O)C(F)(F)F)C(=O)Nc1nnn(Cc2ccccc2F)c1C. The van der Waals surface area contributed by atoms with Crippen molar-refractivity contribution in [1.82, 2.24) is 19.9 Å². The van der Waals surface area contributed by atoms with Crippen LogP contribution in [0.3, 0.4) is 0 Å². The molecule has 7 nitrogen and oxygen atoms in total. The van der Waals surface area contributed by atoms with E-state index in [4.69, 9.17) is 5.11 Å². The molecule has 0 spiro atoms. The van der Waals surface area contributed by atoms with Crippen LogP contribution in [0.1, 0.15) is 18.2 Å². The van der Waals surface area contributed by atoms with Crippen LogP contribution in [0.25, 0.3) is 0 Å². The molecule has 1 heterocycles. The van der Waals surface area contributed by atoms with Crippen LogP contribution in [0.15, 0.2) is 24.3 Å². The van der Waals surface area contributed by atoms with Gasteiger partial charge in [-0.2, -0.15) is 13.2 Å². The monoisotopic (exact) mass is 389 g/mol. The van der Waals surface area contributed by atoms with E-state index in [-0.39, 0.29) is 18.9 Å². The minimum absolute atomic E-state index is 0.0382. The van der Waals surface area contributed by atoms with Gasteiger partial charge in [-0.1, -0.05) is 23.4 Å². The maximum atomic E-state index is 13.7. The molecule has 148 valence electrons. The Bertz CT molecular complexity index is 793. The Morgan fingerprint density at radius 3 is 2.63 bits per heavy atom. The Morgan fingerprint density at radius 2 is 2.04 bits per heavy atom. The van der Waals surface area contributed by atoms with Crippen molar-refractivity contribution in [2.45, 2.75) is 32.7 Å². The molecule has 0 saturated carbocycles. The number of halogens is 4. The maximum absolute atomic E-state index is 13.7. The van der Waals surface area contributed by atoms with E-state index in [0.29, 0.717) is 11.3 Å². The zero-order valence-electron chi connectivity index (χ0n) is 14.7. The van der Waals surface area contributed by atoms with Crippen LogP contribution in [-0.4, -0.2) is 56.4 Å². The first-order valence-corrected chi connectivity index (χ1v) is 8.07. The summed E-state index contributed by atoms with van der Waals surface area (Å²) in [5, 5.41) is 19.1. The second-order valence-electron chi connectivity index (χ2n) is 5.80. The van der Waals surface area contributed by atoms with Gasteiger partial charge in [0.1, 0.15) is 5.82 Å². The van der Waals surface area contributed by atoms with Gasteiger partial charge < -0.3 is 10.0 Å². The van der Waals surface area contributed by atoms with E-state index >= 15 is 0 Å². The maximum Gasteiger partial charge on any atom is 0.416 e. The van der Waals surface area contributed by atoms with Gasteiger partial charge in [0.25, 0.3) is 0 Å². The highest BCUT2D eigenvalue weighted by atomic mass is 19.4. The van der Waals surface area contributed by atoms with Crippen molar-refractivity contribution in [2.75, 3.05) is 18.4 Å². The number of likely N-dealkylation sites (N-methyl/N-ethyl adjacent to an activating group) is 1. The molecule has 0 radical (unpaired) electrons. The number of nitrogens with one attached hydrogen (secondary N) is 1. The third kappa shape index (κ3) is 5.16. The Balaban J connectivity index is 2.07. The molecule has 27 heavy (non-hydrogen) atoms. The predicted molar refractivity (Wildman–Crippen MR) is 88.6 cm³/mol. The highest BCUT2D eigenvalue weighted by Gasteiger charge is 2.39. The third-order valence-corrected chi connectivity index (χ3v) is 3.93. The van der Waals surface area contributed by atoms with Crippen LogP contribution >= 0.6 is 0 Å². The van der Waals surface area contributed by atoms with Crippen LogP contribution in [0.4, 0.5) is 28.2 Å². The lowest BCUT2D eigenvalue weighted by atomic mass is 10.2. The smallest absolute Gasteiger partial charge is 0.382 e. The molecule has 2 amide bonds. The minimum Gasteiger partial charge on any atom is -0.382 e. The zero-order chi connectivity index (χ0) is 20.2. The van der Waals surface area contributed by atoms with Crippen LogP contribution in [-0.2, 0) is 6.54 Å². The summed E-state index contributed by atoms with van der Waals surface area (Å²) in [6.07, 6.45) is -7.48. The number of aliphatic hydroxyl groups is 1. The standard InChI is InChI=1S/C16H19F4N5O2/c1-3-24(9-13(26)16(18,19)20)15(27)21-14-10(2)25(23-22-14)8-11-6-4-5-7-12(11)17/h4-7,13,26H,3,8-9H2,1-2H3,(H,21,27). The van der Waals surface area contributed by atoms with E-state index in [1.54, 1.807) is 25.1 Å². The molecule has 2 N–H and O–H groups in total. The summed E-state index contributed by atoms with van der Waals surface area (Å²) in [5.41, 5.74) is 0.769. The molecule has 1 aromatic heterocycles. The molecule has 0 saturated heterocycles. The van der Waals surface area contributed by atoms with Crippen LogP contribution in [0.2, 0.25) is 0 Å². The lowest BCUT2D eigenvalue weighted by Crippen LogP contribution is -2.45. The topological polar surface area (TPSA) is 83.3 Å². The predicted octanol–water partition coefficient (Wildman–Crippen LogP) is 2.55. The fourth-order valence-corrected chi connectivity index (χ4v) is 2.26. The molecule has 0 aliphatic rings. The average Bonchev–Trinajstić information content (AvgIpc) is 2.93. The number of benzene rings is 1. The summed E-state index contributed by atoms with van der Waals surface area (Å²) in [6, 6.07) is 5.23. The van der Waals surface area contributed by atoms with E-state index < -0.39 is 30.7 Å². The number of carbonyl (C=O) groups is 1. The molecule has 2 rings (SSSR count). The number of rotatable bonds is 6. The molecule has 0 bridgehead atoms. The van der Waals surface area contributed by atoms with Crippen molar-refractivity contribution < 1.29 is 27.5 Å². The highest BCUT2D eigenvalue weighted by molar-refractivity contribution is 5.88. The van der Waals surface area contributed by atoms with Crippen LogP contribution < -0.4 is 5.32 Å². The second kappa shape index (κ2) is 8.33. The number of alkyl halides is 3. The molecule has 2 aromatic rings. The lowest BCUT2D eigenvalue weighted by molar-refractivity contribution is -0.206. The molecule has 1 aromatic carbocycles. The molecular weight excluding hydrogens is 370 g/mol. The number of urea groups is 1. The zero-order valence-corrected chi connectivity index (χ0v) is 14.7. The van der Waals surface area contributed by atoms with E-state index in [1.165, 1.54) is 17.7 Å². The Hall–Kier alpha value is -2.69. The normalized spacial score (nSPS) is 12.7. The number of hydrogen-bond donors (Lipinski definition) is 2. The van der Waals surface area contributed by atoms with Crippen LogP contribution in [0.5, 0.6) is 0 Å². The fraction of sp³-hybridized carbons (Fsp3) is 0.438. The molecule has 0 aliphatic heterocycles. The van der Waals surface area contributed by atoms with Gasteiger partial charge in [-0.3, -0.25) is 5.32 Å². The molecule has 11 heteroatoms. The largest absolute Gasteiger partial charge is 0.416 e. The lowest BCUT2D eigenvalue weighted by Gasteiger charge is -2.24. The number of amides is 2. The van der Waals surface area contributed by atoms with Crippen molar-refractivity contribution in [1.29, 1.82) is 0 Å². The van der Waals surface area contributed by atoms with E-state index in [0.717, 1.165) is 4.90 Å². The van der Waals surface area contributed by atoms with Gasteiger partial charge in [0.15, 0.2) is 11.9 Å². The third-order valence-electron chi connectivity index (χ3n) is 3.93. The van der Waals surface area contributed by atoms with E-state index in [1.807, 2.05) is 0 Å². The van der Waals surface area contributed by atoms with Crippen molar-refractivity contribution in [3.05, 3.63) is 41.3 Å². The molecule has 0 fully saturated rings. The summed E-state index contributed by atoms with van der Waals surface area (Å²) in [7, 11) is 0. The highest BCUT2D eigenvalue weighted by Crippen LogP contribution is 2.21. The fourth-order valence-electron chi connectivity index (χ4n) is 2.26. The van der Waals surface area contributed by atoms with E-state index in [2.05, 4.69) is 15.6 Å². The minimum atomic E-state index is -4.83. The van der Waals surface area contributed by atoms with Crippen LogP contribution in [0, 0.1) is 12.7 Å². The Labute approximate surface area is 152 Å². The Kier molecular flexibility index (Phi) is 6.37. The second-order valence-corrected chi connectivity index (χ2v) is 5.80. The van der Waals surface area contributed by atoms with Gasteiger partial charge >= 0.3 is 12.2 Å². The molecule has 1 unspecified atom stereocenters. The number of carbonyl (C=O) groups excluding carboxylic acids is 1. The number of nitrogens with zero attached hydrogens (tertiary/aromatic N) is 4. The Morgan fingerprint density at radius 1 is 1.37 bits per heavy atom. The molecule has 0 aliphatic carbocycles. The number of hydrogen-bond acceptors (Lipinski definition) is 4. The first-order chi connectivity index (χ1) is 12.6. The number of anilines is 1. The van der Waals surface area contributed by atoms with Gasteiger partial charge in [-0.25, -0.2) is 13.9 Å². The van der Waals surface area contributed by atoms with E-state index in [9.17, 15) is 22.4 Å². The molecular formula is C16H19F4N5O2. The number of aliphatic hydroxyl groups excluding tert-OH is 1. The van der Waals surface area contributed by atoms with Crippen molar-refractivity contribution >= 4 is 11.8 Å². The first kappa shape index (κ1) is 20.6. The van der Waals surface area contributed by atoms with Gasteiger partial charge in [-0.05, 0) is 19.9 Å². The van der Waals surface area contributed by atoms with Gasteiger partial charge in [-0.15, -0.1) is 5.10 Å². The van der Waals surface area contributed by atoms with Gasteiger partial charge in [0.05, 0.1) is 18.8 Å². The summed E-state index contributed by atoms with van der Waals surface area (Å²) >= 11 is 0. The van der Waals surface area contributed by atoms with Crippen molar-refractivity contribution in [3.63, 3.8) is 0 Å². The number of aromatic nitrogens is 3. The first-order valence-electron chi connectivity index (χ1n) is 8.07. The molecule has 1 atom stereocenters. The average molecular weight is 389 g/mol.